The molecule has 3 aromatic rings. The van der Waals surface area contributed by atoms with E-state index < -0.39 is 5.91 Å². The van der Waals surface area contributed by atoms with Crippen LogP contribution in [0.15, 0.2) is 24.3 Å². The first-order valence-electron chi connectivity index (χ1n) is 10.4. The highest BCUT2D eigenvalue weighted by atomic mass is 19.1. The molecule has 174 valence electrons. The molecule has 1 aliphatic heterocycles. The van der Waals surface area contributed by atoms with Crippen molar-refractivity contribution in [3.8, 4) is 11.5 Å². The zero-order valence-corrected chi connectivity index (χ0v) is 18.2. The highest BCUT2D eigenvalue weighted by Crippen LogP contribution is 2.14. The van der Waals surface area contributed by atoms with E-state index in [2.05, 4.69) is 30.7 Å². The van der Waals surface area contributed by atoms with E-state index in [1.54, 1.807) is 26.0 Å². The fraction of sp³-hybridized carbons (Fsp3) is 0.429. The number of aromatic nitrogens is 6. The molecular weight excluding hydrogens is 433 g/mol. The van der Waals surface area contributed by atoms with Crippen molar-refractivity contribution in [3.05, 3.63) is 52.7 Å². The molecule has 1 aliphatic rings. The summed E-state index contributed by atoms with van der Waals surface area (Å²) in [6.45, 7) is 4.40. The summed E-state index contributed by atoms with van der Waals surface area (Å²) >= 11 is 0. The lowest BCUT2D eigenvalue weighted by Gasteiger charge is -2.27. The molecule has 1 amide bonds. The number of halogens is 1. The number of nitrogens with zero attached hydrogens (tertiary/aromatic N) is 6. The van der Waals surface area contributed by atoms with Crippen LogP contribution in [0.4, 0.5) is 4.39 Å². The predicted molar refractivity (Wildman–Crippen MR) is 112 cm³/mol. The zero-order chi connectivity index (χ0) is 23.4. The second kappa shape index (κ2) is 10.1. The number of carbonyl (C=O) groups excluding carboxylic acids is 1. The molecule has 2 atom stereocenters. The molecule has 1 unspecified atom stereocenters. The number of nitrogens with one attached hydrogen (secondary N) is 1. The van der Waals surface area contributed by atoms with E-state index in [4.69, 9.17) is 14.6 Å². The van der Waals surface area contributed by atoms with Gasteiger partial charge in [0.15, 0.2) is 0 Å². The highest BCUT2D eigenvalue weighted by Gasteiger charge is 2.23. The van der Waals surface area contributed by atoms with E-state index in [1.165, 1.54) is 16.9 Å². The van der Waals surface area contributed by atoms with E-state index in [0.29, 0.717) is 36.8 Å². The molecule has 11 nitrogen and oxygen atoms in total. The van der Waals surface area contributed by atoms with Crippen LogP contribution in [0.25, 0.3) is 11.5 Å². The molecule has 0 bridgehead atoms. The monoisotopic (exact) mass is 457 g/mol. The van der Waals surface area contributed by atoms with Gasteiger partial charge in [-0.25, -0.2) is 14.4 Å². The van der Waals surface area contributed by atoms with E-state index in [0.717, 1.165) is 5.56 Å². The average Bonchev–Trinajstić information content (AvgIpc) is 3.28. The number of aliphatic hydroxyl groups is 1. The maximum atomic E-state index is 13.4. The van der Waals surface area contributed by atoms with Gasteiger partial charge in [0.05, 0.1) is 26.4 Å². The summed E-state index contributed by atoms with van der Waals surface area (Å²) in [7, 11) is 0. The summed E-state index contributed by atoms with van der Waals surface area (Å²) in [5.41, 5.74) is 1.80. The number of aliphatic hydroxyl groups excluding tert-OH is 1. The van der Waals surface area contributed by atoms with Crippen LogP contribution >= 0.6 is 0 Å². The Balaban J connectivity index is 1.41. The van der Waals surface area contributed by atoms with Crippen LogP contribution in [0.2, 0.25) is 0 Å². The number of hydrogen-bond donors (Lipinski definition) is 2. The van der Waals surface area contributed by atoms with Crippen molar-refractivity contribution in [2.75, 3.05) is 19.8 Å². The van der Waals surface area contributed by atoms with Crippen LogP contribution in [0.1, 0.15) is 27.4 Å². The average molecular weight is 457 g/mol. The summed E-state index contributed by atoms with van der Waals surface area (Å²) in [6.07, 6.45) is -0.584. The molecule has 2 N–H and O–H groups in total. The molecular formula is C21H24FN7O4. The van der Waals surface area contributed by atoms with Crippen molar-refractivity contribution in [1.82, 2.24) is 35.5 Å². The Bertz CT molecular complexity index is 1130. The third kappa shape index (κ3) is 5.72. The van der Waals surface area contributed by atoms with E-state index in [1.807, 2.05) is 0 Å². The molecule has 12 heteroatoms. The molecule has 0 aliphatic carbocycles. The van der Waals surface area contributed by atoms with Gasteiger partial charge in [0.25, 0.3) is 5.91 Å². The molecule has 0 spiro atoms. The van der Waals surface area contributed by atoms with Crippen LogP contribution < -0.4 is 5.32 Å². The van der Waals surface area contributed by atoms with E-state index >= 15 is 0 Å². The number of benzene rings is 1. The summed E-state index contributed by atoms with van der Waals surface area (Å²) in [4.78, 5) is 22.5. The van der Waals surface area contributed by atoms with Gasteiger partial charge >= 0.3 is 0 Å². The van der Waals surface area contributed by atoms with Crippen molar-refractivity contribution in [2.45, 2.75) is 39.1 Å². The lowest BCUT2D eigenvalue weighted by atomic mass is 10.1. The lowest BCUT2D eigenvalue weighted by Crippen LogP contribution is -2.40. The minimum absolute atomic E-state index is 0.0923. The SMILES string of the molecule is Cc1nc(C(=O)NCc2ccc(F)c(C)c2)cc(-c2nnn(C[C@H]3COC(CO)CO3)n2)n1. The van der Waals surface area contributed by atoms with Crippen LogP contribution in [0.3, 0.4) is 0 Å². The Morgan fingerprint density at radius 1 is 1.21 bits per heavy atom. The standard InChI is InChI=1S/C21H24FN7O4/c1-12-5-14(3-4-17(12)22)7-23-21(31)19-6-18(24-13(2)25-19)20-26-28-29(27-20)8-15-10-33-16(9-30)11-32-15/h3-6,15-16,30H,7-11H2,1-2H3,(H,23,31)/t15-,16?/m0/s1. The van der Waals surface area contributed by atoms with Gasteiger partial charge in [0.2, 0.25) is 5.82 Å². The minimum Gasteiger partial charge on any atom is -0.394 e. The number of amides is 1. The van der Waals surface area contributed by atoms with Crippen LogP contribution in [-0.2, 0) is 22.6 Å². The van der Waals surface area contributed by atoms with Gasteiger partial charge in [-0.15, -0.1) is 10.2 Å². The largest absolute Gasteiger partial charge is 0.394 e. The number of aryl methyl sites for hydroxylation is 2. The molecule has 1 aromatic carbocycles. The van der Waals surface area contributed by atoms with Crippen molar-refractivity contribution >= 4 is 5.91 Å². The molecule has 0 radical (unpaired) electrons. The number of carbonyl (C=O) groups is 1. The van der Waals surface area contributed by atoms with E-state index in [9.17, 15) is 9.18 Å². The van der Waals surface area contributed by atoms with Crippen molar-refractivity contribution < 1.29 is 23.8 Å². The van der Waals surface area contributed by atoms with Gasteiger partial charge in [-0.3, -0.25) is 4.79 Å². The van der Waals surface area contributed by atoms with Crippen molar-refractivity contribution in [3.63, 3.8) is 0 Å². The smallest absolute Gasteiger partial charge is 0.270 e. The van der Waals surface area contributed by atoms with Gasteiger partial charge in [-0.05, 0) is 42.3 Å². The Kier molecular flexibility index (Phi) is 6.96. The summed E-state index contributed by atoms with van der Waals surface area (Å²) in [6, 6.07) is 6.16. The van der Waals surface area contributed by atoms with Gasteiger partial charge in [-0.1, -0.05) is 12.1 Å². The molecule has 4 rings (SSSR count). The Hall–Kier alpha value is -3.35. The molecule has 3 heterocycles. The number of rotatable bonds is 7. The highest BCUT2D eigenvalue weighted by molar-refractivity contribution is 5.93. The van der Waals surface area contributed by atoms with Gasteiger partial charge < -0.3 is 19.9 Å². The fourth-order valence-corrected chi connectivity index (χ4v) is 3.29. The Morgan fingerprint density at radius 3 is 2.73 bits per heavy atom. The van der Waals surface area contributed by atoms with Crippen LogP contribution in [0.5, 0.6) is 0 Å². The second-order valence-electron chi connectivity index (χ2n) is 7.71. The molecule has 2 aromatic heterocycles. The lowest BCUT2D eigenvalue weighted by molar-refractivity contribution is -0.150. The number of ether oxygens (including phenoxy) is 2. The topological polar surface area (TPSA) is 137 Å². The van der Waals surface area contributed by atoms with Crippen LogP contribution in [-0.4, -0.2) is 73.2 Å². The molecule has 33 heavy (non-hydrogen) atoms. The summed E-state index contributed by atoms with van der Waals surface area (Å²) in [5.74, 6) is -0.0692. The third-order valence-electron chi connectivity index (χ3n) is 5.03. The molecule has 1 fully saturated rings. The summed E-state index contributed by atoms with van der Waals surface area (Å²) in [5, 5.41) is 24.2. The van der Waals surface area contributed by atoms with Gasteiger partial charge in [0, 0.05) is 6.54 Å². The van der Waals surface area contributed by atoms with Crippen molar-refractivity contribution in [2.24, 2.45) is 0 Å². The quantitative estimate of drug-likeness (QED) is 0.522. The molecule has 0 saturated carbocycles. The molecule has 1 saturated heterocycles. The summed E-state index contributed by atoms with van der Waals surface area (Å²) < 4.78 is 24.5. The first kappa shape index (κ1) is 22.8. The number of tetrazole rings is 1. The second-order valence-corrected chi connectivity index (χ2v) is 7.71. The van der Waals surface area contributed by atoms with Gasteiger partial charge in [0.1, 0.15) is 35.2 Å². The first-order valence-corrected chi connectivity index (χ1v) is 10.4. The Morgan fingerprint density at radius 2 is 2.00 bits per heavy atom. The maximum absolute atomic E-state index is 13.4. The minimum atomic E-state index is -0.401. The number of hydrogen-bond acceptors (Lipinski definition) is 9. The third-order valence-corrected chi connectivity index (χ3v) is 5.03. The van der Waals surface area contributed by atoms with E-state index in [-0.39, 0.29) is 42.7 Å². The maximum Gasteiger partial charge on any atom is 0.270 e. The predicted octanol–water partition coefficient (Wildman–Crippen LogP) is 0.592. The Labute approximate surface area is 189 Å². The zero-order valence-electron chi connectivity index (χ0n) is 18.2. The fourth-order valence-electron chi connectivity index (χ4n) is 3.29. The van der Waals surface area contributed by atoms with Crippen molar-refractivity contribution in [1.29, 1.82) is 0 Å². The van der Waals surface area contributed by atoms with Crippen LogP contribution in [0, 0.1) is 19.7 Å². The normalized spacial score (nSPS) is 18.3. The first-order chi connectivity index (χ1) is 15.9. The van der Waals surface area contributed by atoms with Gasteiger partial charge in [-0.2, -0.15) is 4.80 Å².